The molecule has 1 heterocycles. The van der Waals surface area contributed by atoms with Gasteiger partial charge in [-0.05, 0) is 68.8 Å². The van der Waals surface area contributed by atoms with Crippen molar-refractivity contribution in [1.29, 1.82) is 0 Å². The molecule has 0 aromatic heterocycles. The second-order valence-corrected chi connectivity index (χ2v) is 6.38. The van der Waals surface area contributed by atoms with E-state index in [9.17, 15) is 14.4 Å². The Bertz CT molecular complexity index is 899. The number of carbonyl (C=O) groups excluding carboxylic acids is 3. The maximum atomic E-state index is 12.8. The summed E-state index contributed by atoms with van der Waals surface area (Å²) in [5.74, 6) is -0.461. The molecular weight excluding hydrogens is 394 g/mol. The second kappa shape index (κ2) is 10.0. The summed E-state index contributed by atoms with van der Waals surface area (Å²) in [6, 6.07) is 11.3. The zero-order valence-corrected chi connectivity index (χ0v) is 17.0. The second-order valence-electron chi connectivity index (χ2n) is 6.38. The molecule has 0 fully saturated rings. The van der Waals surface area contributed by atoms with Crippen LogP contribution in [0, 0.1) is 0 Å². The van der Waals surface area contributed by atoms with Gasteiger partial charge in [-0.25, -0.2) is 4.90 Å². The predicted octanol–water partition coefficient (Wildman–Crippen LogP) is 2.78. The van der Waals surface area contributed by atoms with Crippen LogP contribution in [0.3, 0.4) is 0 Å². The van der Waals surface area contributed by atoms with E-state index in [0.717, 1.165) is 17.7 Å². The van der Waals surface area contributed by atoms with Gasteiger partial charge in [-0.15, -0.1) is 12.4 Å². The average molecular weight is 418 g/mol. The van der Waals surface area contributed by atoms with Crippen molar-refractivity contribution in [1.82, 2.24) is 5.32 Å². The zero-order chi connectivity index (χ0) is 20.1. The fourth-order valence-electron chi connectivity index (χ4n) is 3.05. The summed E-state index contributed by atoms with van der Waals surface area (Å²) in [6.07, 6.45) is 1.62. The minimum atomic E-state index is -0.443. The van der Waals surface area contributed by atoms with Crippen LogP contribution < -0.4 is 20.7 Å². The van der Waals surface area contributed by atoms with Crippen LogP contribution >= 0.6 is 12.4 Å². The minimum absolute atomic E-state index is 0. The highest BCUT2D eigenvalue weighted by molar-refractivity contribution is 6.34. The van der Waals surface area contributed by atoms with Crippen LogP contribution in [-0.4, -0.2) is 37.4 Å². The van der Waals surface area contributed by atoms with Crippen LogP contribution in [0.5, 0.6) is 5.75 Å². The van der Waals surface area contributed by atoms with Gasteiger partial charge in [0.1, 0.15) is 5.75 Å². The van der Waals surface area contributed by atoms with E-state index in [1.54, 1.807) is 30.3 Å². The molecule has 29 heavy (non-hydrogen) atoms. The van der Waals surface area contributed by atoms with Crippen molar-refractivity contribution < 1.29 is 19.1 Å². The summed E-state index contributed by atoms with van der Waals surface area (Å²) < 4.78 is 5.39. The summed E-state index contributed by atoms with van der Waals surface area (Å²) in [4.78, 5) is 38.9. The van der Waals surface area contributed by atoms with Crippen molar-refractivity contribution in [2.45, 2.75) is 19.8 Å². The molecule has 0 saturated carbocycles. The number of fused-ring (bicyclic) bond motifs is 1. The minimum Gasteiger partial charge on any atom is -0.494 e. The molecule has 3 amide bonds. The fraction of sp³-hybridized carbons (Fsp3) is 0.286. The number of rotatable bonds is 8. The lowest BCUT2D eigenvalue weighted by Crippen LogP contribution is -2.29. The number of nitrogens with zero attached hydrogens (tertiary/aromatic N) is 1. The van der Waals surface area contributed by atoms with Crippen molar-refractivity contribution in [3.8, 4) is 5.75 Å². The summed E-state index contributed by atoms with van der Waals surface area (Å²) in [6.45, 7) is 3.50. The van der Waals surface area contributed by atoms with Gasteiger partial charge in [-0.1, -0.05) is 0 Å². The maximum absolute atomic E-state index is 12.8. The topological polar surface area (TPSA) is 102 Å². The van der Waals surface area contributed by atoms with Gasteiger partial charge in [-0.2, -0.15) is 0 Å². The summed E-state index contributed by atoms with van der Waals surface area (Å²) in [7, 11) is 0. The number of hydrogen-bond donors (Lipinski definition) is 2. The standard InChI is InChI=1S/C21H23N3O4.ClH/c1-2-28-16-8-6-15(7-9-16)24-20(26)17-10-5-14(13-18(17)21(24)27)19(25)23-12-4-3-11-22;/h5-10,13H,2-4,11-12,22H2,1H3,(H,23,25);1H. The first kappa shape index (κ1) is 22.4. The fourth-order valence-corrected chi connectivity index (χ4v) is 3.05. The Morgan fingerprint density at radius 3 is 2.38 bits per heavy atom. The van der Waals surface area contributed by atoms with Crippen LogP contribution in [0.4, 0.5) is 5.69 Å². The van der Waals surface area contributed by atoms with E-state index >= 15 is 0 Å². The van der Waals surface area contributed by atoms with E-state index in [-0.39, 0.29) is 23.9 Å². The third-order valence-corrected chi connectivity index (χ3v) is 4.47. The number of benzene rings is 2. The number of imide groups is 1. The third-order valence-electron chi connectivity index (χ3n) is 4.47. The first-order chi connectivity index (χ1) is 13.6. The maximum Gasteiger partial charge on any atom is 0.266 e. The van der Waals surface area contributed by atoms with Gasteiger partial charge in [0.2, 0.25) is 0 Å². The Labute approximate surface area is 175 Å². The van der Waals surface area contributed by atoms with Crippen molar-refractivity contribution in [2.75, 3.05) is 24.6 Å². The molecule has 0 spiro atoms. The van der Waals surface area contributed by atoms with Crippen molar-refractivity contribution in [3.63, 3.8) is 0 Å². The summed E-state index contributed by atoms with van der Waals surface area (Å²) >= 11 is 0. The summed E-state index contributed by atoms with van der Waals surface area (Å²) in [5, 5.41) is 2.79. The van der Waals surface area contributed by atoms with Gasteiger partial charge in [-0.3, -0.25) is 14.4 Å². The van der Waals surface area contributed by atoms with Gasteiger partial charge in [0.05, 0.1) is 23.4 Å². The lowest BCUT2D eigenvalue weighted by Gasteiger charge is -2.14. The lowest BCUT2D eigenvalue weighted by molar-refractivity contribution is 0.0923. The van der Waals surface area contributed by atoms with Crippen molar-refractivity contribution in [2.24, 2.45) is 5.73 Å². The SMILES string of the molecule is CCOc1ccc(N2C(=O)c3ccc(C(=O)NCCCCN)cc3C2=O)cc1.Cl. The molecule has 2 aromatic rings. The summed E-state index contributed by atoms with van der Waals surface area (Å²) in [5.41, 5.74) is 6.77. The van der Waals surface area contributed by atoms with Crippen molar-refractivity contribution in [3.05, 3.63) is 59.2 Å². The first-order valence-corrected chi connectivity index (χ1v) is 9.30. The Morgan fingerprint density at radius 2 is 1.72 bits per heavy atom. The smallest absolute Gasteiger partial charge is 0.266 e. The largest absolute Gasteiger partial charge is 0.494 e. The zero-order valence-electron chi connectivity index (χ0n) is 16.1. The van der Waals surface area contributed by atoms with Gasteiger partial charge in [0, 0.05) is 12.1 Å². The number of hydrogen-bond acceptors (Lipinski definition) is 5. The number of nitrogens with one attached hydrogen (secondary N) is 1. The molecule has 2 aromatic carbocycles. The molecule has 0 bridgehead atoms. The molecule has 1 aliphatic rings. The van der Waals surface area contributed by atoms with E-state index in [4.69, 9.17) is 10.5 Å². The Kier molecular flexibility index (Phi) is 7.75. The molecular formula is C21H24ClN3O4. The Morgan fingerprint density at radius 1 is 1.03 bits per heavy atom. The first-order valence-electron chi connectivity index (χ1n) is 9.30. The van der Waals surface area contributed by atoms with E-state index in [1.807, 2.05) is 6.92 Å². The molecule has 1 aliphatic heterocycles. The molecule has 0 aliphatic carbocycles. The molecule has 0 radical (unpaired) electrons. The molecule has 7 nitrogen and oxygen atoms in total. The molecule has 0 saturated heterocycles. The van der Waals surface area contributed by atoms with E-state index in [0.29, 0.717) is 42.3 Å². The van der Waals surface area contributed by atoms with E-state index in [2.05, 4.69) is 5.32 Å². The van der Waals surface area contributed by atoms with Crippen LogP contribution in [0.2, 0.25) is 0 Å². The molecule has 154 valence electrons. The molecule has 3 N–H and O–H groups in total. The molecule has 3 rings (SSSR count). The molecule has 0 unspecified atom stereocenters. The van der Waals surface area contributed by atoms with Crippen molar-refractivity contribution >= 4 is 35.8 Å². The number of halogens is 1. The van der Waals surface area contributed by atoms with Crippen LogP contribution in [0.1, 0.15) is 50.8 Å². The Balaban J connectivity index is 0.00000300. The number of carbonyl (C=O) groups is 3. The number of nitrogens with two attached hydrogens (primary N) is 1. The lowest BCUT2D eigenvalue weighted by atomic mass is 10.1. The van der Waals surface area contributed by atoms with Gasteiger partial charge >= 0.3 is 0 Å². The molecule has 0 atom stereocenters. The number of amides is 3. The van der Waals surface area contributed by atoms with E-state index in [1.165, 1.54) is 12.1 Å². The van der Waals surface area contributed by atoms with Gasteiger partial charge in [0.25, 0.3) is 17.7 Å². The van der Waals surface area contributed by atoms with Gasteiger partial charge < -0.3 is 15.8 Å². The highest BCUT2D eigenvalue weighted by atomic mass is 35.5. The highest BCUT2D eigenvalue weighted by Crippen LogP contribution is 2.30. The van der Waals surface area contributed by atoms with Crippen LogP contribution in [-0.2, 0) is 0 Å². The monoisotopic (exact) mass is 417 g/mol. The number of ether oxygens (including phenoxy) is 1. The Hall–Kier alpha value is -2.90. The molecule has 8 heteroatoms. The number of unbranched alkanes of at least 4 members (excludes halogenated alkanes) is 1. The number of anilines is 1. The quantitative estimate of drug-likeness (QED) is 0.508. The van der Waals surface area contributed by atoms with E-state index < -0.39 is 11.8 Å². The highest BCUT2D eigenvalue weighted by Gasteiger charge is 2.37. The predicted molar refractivity (Wildman–Crippen MR) is 113 cm³/mol. The van der Waals surface area contributed by atoms with Gasteiger partial charge in [0.15, 0.2) is 0 Å². The van der Waals surface area contributed by atoms with Crippen LogP contribution in [0.15, 0.2) is 42.5 Å². The normalized spacial score (nSPS) is 12.4. The van der Waals surface area contributed by atoms with Crippen LogP contribution in [0.25, 0.3) is 0 Å². The third kappa shape index (κ3) is 4.75. The average Bonchev–Trinajstić information content (AvgIpc) is 2.96.